The maximum absolute atomic E-state index is 9.48. The molecule has 0 radical (unpaired) electrons. The van der Waals surface area contributed by atoms with Crippen LogP contribution in [0, 0.1) is 0 Å². The molecule has 0 atom stereocenters. The predicted octanol–water partition coefficient (Wildman–Crippen LogP) is 3.01. The summed E-state index contributed by atoms with van der Waals surface area (Å²) < 4.78 is 13.1. The van der Waals surface area contributed by atoms with Crippen LogP contribution in [0.1, 0.15) is 5.76 Å². The molecule has 1 N–H and O–H groups in total. The van der Waals surface area contributed by atoms with Gasteiger partial charge in [0.2, 0.25) is 0 Å². The fourth-order valence-electron chi connectivity index (χ4n) is 3.49. The summed E-state index contributed by atoms with van der Waals surface area (Å²) in [5.74, 6) is 1.21. The number of fused-ring (bicyclic) bond motifs is 1. The molecule has 0 bridgehead atoms. The Morgan fingerprint density at radius 3 is 2.64 bits per heavy atom. The summed E-state index contributed by atoms with van der Waals surface area (Å²) >= 11 is 0. The number of aliphatic hydroxyl groups excluding tert-OH is 1. The normalized spacial score (nSPS) is 14.7. The summed E-state index contributed by atoms with van der Waals surface area (Å²) in [6.45, 7) is 2.75. The van der Waals surface area contributed by atoms with Crippen molar-refractivity contribution in [1.82, 2.24) is 14.8 Å². The van der Waals surface area contributed by atoms with E-state index in [1.165, 1.54) is 0 Å². The fourth-order valence-corrected chi connectivity index (χ4v) is 3.49. The van der Waals surface area contributed by atoms with Crippen molar-refractivity contribution in [2.45, 2.75) is 6.61 Å². The minimum atomic E-state index is -0.159. The van der Waals surface area contributed by atoms with Gasteiger partial charge in [-0.05, 0) is 6.07 Å². The zero-order valence-corrected chi connectivity index (χ0v) is 15.3. The second-order valence-corrected chi connectivity index (χ2v) is 6.70. The number of benzene rings is 1. The maximum atomic E-state index is 9.48. The van der Waals surface area contributed by atoms with Gasteiger partial charge in [-0.25, -0.2) is 9.67 Å². The van der Waals surface area contributed by atoms with Crippen LogP contribution in [-0.2, 0) is 11.3 Å². The van der Waals surface area contributed by atoms with Gasteiger partial charge in [0.1, 0.15) is 17.9 Å². The van der Waals surface area contributed by atoms with Crippen LogP contribution < -0.4 is 4.90 Å². The molecule has 28 heavy (non-hydrogen) atoms. The highest BCUT2D eigenvalue weighted by Crippen LogP contribution is 2.31. The highest BCUT2D eigenvalue weighted by atomic mass is 16.5. The maximum Gasteiger partial charge on any atom is 0.176 e. The Bertz CT molecular complexity index is 1100. The lowest BCUT2D eigenvalue weighted by Gasteiger charge is -2.28. The Kier molecular flexibility index (Phi) is 4.31. The first kappa shape index (κ1) is 17.0. The quantitative estimate of drug-likeness (QED) is 0.590. The van der Waals surface area contributed by atoms with E-state index in [1.807, 2.05) is 48.7 Å². The first-order chi connectivity index (χ1) is 13.8. The molecule has 0 aliphatic carbocycles. The minimum absolute atomic E-state index is 0.159. The van der Waals surface area contributed by atoms with E-state index >= 15 is 0 Å². The van der Waals surface area contributed by atoms with Crippen molar-refractivity contribution < 1.29 is 14.3 Å². The van der Waals surface area contributed by atoms with E-state index in [0.29, 0.717) is 35.9 Å². The lowest BCUT2D eigenvalue weighted by atomic mass is 10.2. The van der Waals surface area contributed by atoms with Gasteiger partial charge in [-0.2, -0.15) is 5.10 Å². The number of hydrogen-bond donors (Lipinski definition) is 1. The topological polar surface area (TPSA) is 76.6 Å². The predicted molar refractivity (Wildman–Crippen MR) is 106 cm³/mol. The van der Waals surface area contributed by atoms with Crippen LogP contribution in [0.15, 0.2) is 59.1 Å². The van der Waals surface area contributed by atoms with Gasteiger partial charge in [0, 0.05) is 37.0 Å². The van der Waals surface area contributed by atoms with E-state index in [2.05, 4.69) is 4.90 Å². The molecule has 4 aromatic rings. The van der Waals surface area contributed by atoms with Gasteiger partial charge in [0.25, 0.3) is 0 Å². The number of nitrogens with zero attached hydrogens (tertiary/aromatic N) is 4. The van der Waals surface area contributed by atoms with E-state index in [0.717, 1.165) is 30.0 Å². The molecule has 1 aliphatic rings. The van der Waals surface area contributed by atoms with Crippen LogP contribution in [0.2, 0.25) is 0 Å². The SMILES string of the molecule is OCc1cc2nc(-n3ccc(-c4ccccc4)n3)cc(N3CCOCC3)c2o1. The molecule has 3 aromatic heterocycles. The van der Waals surface area contributed by atoms with E-state index in [-0.39, 0.29) is 6.61 Å². The summed E-state index contributed by atoms with van der Waals surface area (Å²) in [4.78, 5) is 6.94. The smallest absolute Gasteiger partial charge is 0.176 e. The molecule has 4 heterocycles. The zero-order chi connectivity index (χ0) is 18.9. The van der Waals surface area contributed by atoms with Gasteiger partial charge < -0.3 is 19.2 Å². The van der Waals surface area contributed by atoms with Crippen LogP contribution in [0.25, 0.3) is 28.2 Å². The van der Waals surface area contributed by atoms with Gasteiger partial charge in [-0.1, -0.05) is 30.3 Å². The Morgan fingerprint density at radius 1 is 1.04 bits per heavy atom. The molecule has 1 fully saturated rings. The van der Waals surface area contributed by atoms with Crippen molar-refractivity contribution >= 4 is 16.8 Å². The third-order valence-electron chi connectivity index (χ3n) is 4.90. The summed E-state index contributed by atoms with van der Waals surface area (Å²) in [5, 5.41) is 14.2. The van der Waals surface area contributed by atoms with E-state index < -0.39 is 0 Å². The Balaban J connectivity index is 1.60. The number of morpholine rings is 1. The average Bonchev–Trinajstić information content (AvgIpc) is 3.41. The molecule has 1 saturated heterocycles. The standard InChI is InChI=1S/C21H20N4O3/c26-14-16-12-18-21(28-16)19(24-8-10-27-11-9-24)13-20(22-18)25-7-6-17(23-25)15-4-2-1-3-5-15/h1-7,12-13,26H,8-11,14H2. The molecule has 142 valence electrons. The lowest BCUT2D eigenvalue weighted by molar-refractivity contribution is 0.122. The third kappa shape index (κ3) is 3.04. The number of aliphatic hydroxyl groups is 1. The van der Waals surface area contributed by atoms with Crippen molar-refractivity contribution in [2.75, 3.05) is 31.2 Å². The monoisotopic (exact) mass is 376 g/mol. The molecule has 1 aliphatic heterocycles. The summed E-state index contributed by atoms with van der Waals surface area (Å²) in [5.41, 5.74) is 4.28. The van der Waals surface area contributed by atoms with Gasteiger partial charge in [-0.15, -0.1) is 0 Å². The summed E-state index contributed by atoms with van der Waals surface area (Å²) in [7, 11) is 0. The van der Waals surface area contributed by atoms with Crippen molar-refractivity contribution in [3.05, 3.63) is 60.5 Å². The van der Waals surface area contributed by atoms with E-state index in [1.54, 1.807) is 10.7 Å². The van der Waals surface area contributed by atoms with Gasteiger partial charge in [0.05, 0.1) is 24.6 Å². The highest BCUT2D eigenvalue weighted by molar-refractivity contribution is 5.88. The molecular weight excluding hydrogens is 356 g/mol. The molecule has 1 aromatic carbocycles. The fraction of sp³-hybridized carbons (Fsp3) is 0.238. The largest absolute Gasteiger partial charge is 0.455 e. The summed E-state index contributed by atoms with van der Waals surface area (Å²) in [6.07, 6.45) is 1.91. The van der Waals surface area contributed by atoms with E-state index in [9.17, 15) is 5.11 Å². The zero-order valence-electron chi connectivity index (χ0n) is 15.3. The van der Waals surface area contributed by atoms with E-state index in [4.69, 9.17) is 19.2 Å². The second-order valence-electron chi connectivity index (χ2n) is 6.70. The molecule has 0 amide bonds. The average molecular weight is 376 g/mol. The molecular formula is C21H20N4O3. The number of aromatic nitrogens is 3. The minimum Gasteiger partial charge on any atom is -0.455 e. The van der Waals surface area contributed by atoms with Crippen LogP contribution >= 0.6 is 0 Å². The third-order valence-corrected chi connectivity index (χ3v) is 4.90. The Labute approximate surface area is 161 Å². The van der Waals surface area contributed by atoms with Crippen LogP contribution in [0.5, 0.6) is 0 Å². The molecule has 5 rings (SSSR count). The van der Waals surface area contributed by atoms with Crippen LogP contribution in [0.3, 0.4) is 0 Å². The van der Waals surface area contributed by atoms with Gasteiger partial charge in [-0.3, -0.25) is 0 Å². The molecule has 0 saturated carbocycles. The highest BCUT2D eigenvalue weighted by Gasteiger charge is 2.20. The van der Waals surface area contributed by atoms with Crippen molar-refractivity contribution in [1.29, 1.82) is 0 Å². The molecule has 0 unspecified atom stereocenters. The molecule has 7 nitrogen and oxygen atoms in total. The number of rotatable bonds is 4. The van der Waals surface area contributed by atoms with Crippen LogP contribution in [0.4, 0.5) is 5.69 Å². The Hall–Kier alpha value is -3.16. The van der Waals surface area contributed by atoms with Gasteiger partial charge >= 0.3 is 0 Å². The number of hydrogen-bond acceptors (Lipinski definition) is 6. The lowest BCUT2D eigenvalue weighted by Crippen LogP contribution is -2.36. The van der Waals surface area contributed by atoms with Crippen LogP contribution in [-0.4, -0.2) is 46.2 Å². The number of anilines is 1. The summed E-state index contributed by atoms with van der Waals surface area (Å²) in [6, 6.07) is 15.8. The number of pyridine rings is 1. The molecule has 0 spiro atoms. The number of furan rings is 1. The van der Waals surface area contributed by atoms with Gasteiger partial charge in [0.15, 0.2) is 11.4 Å². The van der Waals surface area contributed by atoms with Crippen molar-refractivity contribution in [3.63, 3.8) is 0 Å². The van der Waals surface area contributed by atoms with Crippen molar-refractivity contribution in [2.24, 2.45) is 0 Å². The first-order valence-electron chi connectivity index (χ1n) is 9.30. The van der Waals surface area contributed by atoms with Crippen molar-refractivity contribution in [3.8, 4) is 17.1 Å². The first-order valence-corrected chi connectivity index (χ1v) is 9.30. The second kappa shape index (κ2) is 7.10. The molecule has 7 heteroatoms. The number of ether oxygens (including phenoxy) is 1. The Morgan fingerprint density at radius 2 is 1.86 bits per heavy atom.